The van der Waals surface area contributed by atoms with E-state index in [9.17, 15) is 4.79 Å². The van der Waals surface area contributed by atoms with E-state index in [0.29, 0.717) is 32.6 Å². The number of carbonyl (C=O) groups excluding carboxylic acids is 1. The van der Waals surface area contributed by atoms with E-state index in [1.165, 1.54) is 0 Å². The molecular formula is C21H14BrCl2NO2. The van der Waals surface area contributed by atoms with Crippen molar-refractivity contribution in [2.24, 2.45) is 4.99 Å². The third-order valence-electron chi connectivity index (χ3n) is 3.71. The Morgan fingerprint density at radius 1 is 1.04 bits per heavy atom. The van der Waals surface area contributed by atoms with Gasteiger partial charge in [0.1, 0.15) is 5.75 Å². The number of esters is 1. The molecule has 3 aromatic carbocycles. The molecule has 136 valence electrons. The van der Waals surface area contributed by atoms with Crippen LogP contribution in [0.4, 0.5) is 5.69 Å². The molecule has 0 aliphatic rings. The largest absolute Gasteiger partial charge is 0.422 e. The van der Waals surface area contributed by atoms with Crippen LogP contribution < -0.4 is 4.74 Å². The SMILES string of the molecule is Cc1ccc(C(=O)Oc2ccc(Br)cc2C=Nc2ccc(Cl)cc2Cl)cc1. The first-order valence-electron chi connectivity index (χ1n) is 8.00. The predicted molar refractivity (Wildman–Crippen MR) is 114 cm³/mol. The van der Waals surface area contributed by atoms with Crippen LogP contribution in [0.25, 0.3) is 0 Å². The Balaban J connectivity index is 1.87. The summed E-state index contributed by atoms with van der Waals surface area (Å²) >= 11 is 15.5. The van der Waals surface area contributed by atoms with Crippen LogP contribution in [0.3, 0.4) is 0 Å². The van der Waals surface area contributed by atoms with E-state index in [4.69, 9.17) is 27.9 Å². The number of halogens is 3. The van der Waals surface area contributed by atoms with Crippen LogP contribution in [-0.2, 0) is 0 Å². The Bertz CT molecular complexity index is 1020. The van der Waals surface area contributed by atoms with Gasteiger partial charge in [0.2, 0.25) is 0 Å². The molecule has 3 rings (SSSR count). The van der Waals surface area contributed by atoms with Crippen LogP contribution in [0, 0.1) is 6.92 Å². The van der Waals surface area contributed by atoms with Gasteiger partial charge in [-0.15, -0.1) is 0 Å². The second kappa shape index (κ2) is 8.70. The van der Waals surface area contributed by atoms with Gasteiger partial charge >= 0.3 is 5.97 Å². The molecule has 0 amide bonds. The van der Waals surface area contributed by atoms with Gasteiger partial charge in [-0.1, -0.05) is 56.8 Å². The highest BCUT2D eigenvalue weighted by atomic mass is 79.9. The first kappa shape index (κ1) is 19.6. The van der Waals surface area contributed by atoms with Gasteiger partial charge in [0.25, 0.3) is 0 Å². The van der Waals surface area contributed by atoms with Gasteiger partial charge in [0.15, 0.2) is 0 Å². The second-order valence-electron chi connectivity index (χ2n) is 5.79. The number of aliphatic imine (C=N–C) groups is 1. The van der Waals surface area contributed by atoms with Gasteiger partial charge in [-0.3, -0.25) is 4.99 Å². The summed E-state index contributed by atoms with van der Waals surface area (Å²) in [6.45, 7) is 1.96. The minimum absolute atomic E-state index is 0.401. The van der Waals surface area contributed by atoms with Crippen molar-refractivity contribution < 1.29 is 9.53 Å². The molecule has 0 aliphatic carbocycles. The number of rotatable bonds is 4. The summed E-state index contributed by atoms with van der Waals surface area (Å²) in [6, 6.07) is 17.6. The van der Waals surface area contributed by atoms with Crippen LogP contribution in [0.5, 0.6) is 5.75 Å². The fraction of sp³-hybridized carbons (Fsp3) is 0.0476. The minimum Gasteiger partial charge on any atom is -0.422 e. The Hall–Kier alpha value is -2.14. The summed E-state index contributed by atoms with van der Waals surface area (Å²) < 4.78 is 6.39. The fourth-order valence-corrected chi connectivity index (χ4v) is 3.12. The molecule has 0 aliphatic heterocycles. The lowest BCUT2D eigenvalue weighted by atomic mass is 10.1. The second-order valence-corrected chi connectivity index (χ2v) is 7.55. The van der Waals surface area contributed by atoms with Crippen molar-refractivity contribution in [2.75, 3.05) is 0 Å². The van der Waals surface area contributed by atoms with Gasteiger partial charge in [0.05, 0.1) is 16.3 Å². The zero-order chi connectivity index (χ0) is 19.4. The fourth-order valence-electron chi connectivity index (χ4n) is 2.29. The maximum Gasteiger partial charge on any atom is 0.343 e. The van der Waals surface area contributed by atoms with Crippen molar-refractivity contribution in [1.82, 2.24) is 0 Å². The van der Waals surface area contributed by atoms with Crippen LogP contribution in [0.1, 0.15) is 21.5 Å². The van der Waals surface area contributed by atoms with E-state index in [2.05, 4.69) is 20.9 Å². The molecule has 27 heavy (non-hydrogen) atoms. The normalized spacial score (nSPS) is 11.0. The van der Waals surface area contributed by atoms with Crippen LogP contribution in [0.2, 0.25) is 10.0 Å². The molecule has 0 unspecified atom stereocenters. The number of carbonyl (C=O) groups is 1. The maximum absolute atomic E-state index is 12.4. The summed E-state index contributed by atoms with van der Waals surface area (Å²) in [5.74, 6) is -0.0332. The standard InChI is InChI=1S/C21H14BrCl2NO2/c1-13-2-4-14(5-3-13)21(26)27-20-9-6-16(22)10-15(20)12-25-19-8-7-17(23)11-18(19)24/h2-12H,1H3. The quantitative estimate of drug-likeness (QED) is 0.237. The first-order valence-corrected chi connectivity index (χ1v) is 9.55. The summed E-state index contributed by atoms with van der Waals surface area (Å²) in [4.78, 5) is 16.8. The lowest BCUT2D eigenvalue weighted by Crippen LogP contribution is -2.09. The molecular weight excluding hydrogens is 449 g/mol. The lowest BCUT2D eigenvalue weighted by molar-refractivity contribution is 0.0734. The van der Waals surface area contributed by atoms with Gasteiger partial charge in [-0.05, 0) is 55.5 Å². The van der Waals surface area contributed by atoms with E-state index in [0.717, 1.165) is 10.0 Å². The molecule has 0 spiro atoms. The third-order valence-corrected chi connectivity index (χ3v) is 4.75. The van der Waals surface area contributed by atoms with Crippen molar-refractivity contribution in [3.63, 3.8) is 0 Å². The van der Waals surface area contributed by atoms with Crippen molar-refractivity contribution in [3.05, 3.63) is 91.9 Å². The summed E-state index contributed by atoms with van der Waals surface area (Å²) in [7, 11) is 0. The average Bonchev–Trinajstić information content (AvgIpc) is 2.63. The Morgan fingerprint density at radius 3 is 2.48 bits per heavy atom. The monoisotopic (exact) mass is 461 g/mol. The number of ether oxygens (including phenoxy) is 1. The van der Waals surface area contributed by atoms with Crippen LogP contribution in [0.15, 0.2) is 70.1 Å². The van der Waals surface area contributed by atoms with Crippen molar-refractivity contribution in [1.29, 1.82) is 0 Å². The average molecular weight is 463 g/mol. The molecule has 0 bridgehead atoms. The topological polar surface area (TPSA) is 38.7 Å². The molecule has 0 saturated heterocycles. The Morgan fingerprint density at radius 2 is 1.78 bits per heavy atom. The minimum atomic E-state index is -0.434. The molecule has 3 nitrogen and oxygen atoms in total. The van der Waals surface area contributed by atoms with Gasteiger partial charge in [-0.25, -0.2) is 4.79 Å². The van der Waals surface area contributed by atoms with Crippen molar-refractivity contribution >= 4 is 57.0 Å². The molecule has 6 heteroatoms. The van der Waals surface area contributed by atoms with E-state index in [1.807, 2.05) is 25.1 Å². The summed E-state index contributed by atoms with van der Waals surface area (Å²) in [5, 5.41) is 0.973. The van der Waals surface area contributed by atoms with Crippen LogP contribution >= 0.6 is 39.1 Å². The molecule has 0 heterocycles. The Labute approximate surface area is 175 Å². The number of aryl methyl sites for hydroxylation is 1. The molecule has 0 atom stereocenters. The van der Waals surface area contributed by atoms with Gasteiger partial charge in [0, 0.05) is 21.3 Å². The molecule has 0 N–H and O–H groups in total. The number of hydrogen-bond acceptors (Lipinski definition) is 3. The highest BCUT2D eigenvalue weighted by Crippen LogP contribution is 2.29. The number of benzene rings is 3. The molecule has 0 aromatic heterocycles. The maximum atomic E-state index is 12.4. The first-order chi connectivity index (χ1) is 12.9. The Kier molecular flexibility index (Phi) is 6.32. The van der Waals surface area contributed by atoms with E-state index < -0.39 is 5.97 Å². The zero-order valence-electron chi connectivity index (χ0n) is 14.2. The van der Waals surface area contributed by atoms with E-state index in [-0.39, 0.29) is 0 Å². The van der Waals surface area contributed by atoms with Crippen molar-refractivity contribution in [3.8, 4) is 5.75 Å². The third kappa shape index (κ3) is 5.19. The highest BCUT2D eigenvalue weighted by molar-refractivity contribution is 9.10. The number of hydrogen-bond donors (Lipinski definition) is 0. The van der Waals surface area contributed by atoms with Gasteiger partial charge < -0.3 is 4.74 Å². The predicted octanol–water partition coefficient (Wildman–Crippen LogP) is 7.03. The summed E-state index contributed by atoms with van der Waals surface area (Å²) in [6.07, 6.45) is 1.59. The smallest absolute Gasteiger partial charge is 0.343 e. The molecule has 0 saturated carbocycles. The molecule has 0 fully saturated rings. The molecule has 0 radical (unpaired) electrons. The molecule has 3 aromatic rings. The lowest BCUT2D eigenvalue weighted by Gasteiger charge is -2.08. The van der Waals surface area contributed by atoms with Crippen molar-refractivity contribution in [2.45, 2.75) is 6.92 Å². The van der Waals surface area contributed by atoms with E-state index >= 15 is 0 Å². The number of nitrogens with zero attached hydrogens (tertiary/aromatic N) is 1. The van der Waals surface area contributed by atoms with Gasteiger partial charge in [-0.2, -0.15) is 0 Å². The highest BCUT2D eigenvalue weighted by Gasteiger charge is 2.11. The zero-order valence-corrected chi connectivity index (χ0v) is 17.3. The van der Waals surface area contributed by atoms with Crippen LogP contribution in [-0.4, -0.2) is 12.2 Å². The summed E-state index contributed by atoms with van der Waals surface area (Å²) in [5.41, 5.74) is 2.75. The van der Waals surface area contributed by atoms with E-state index in [1.54, 1.807) is 48.7 Å².